The maximum absolute atomic E-state index is 4.64. The molecule has 2 aromatic rings. The maximum atomic E-state index is 4.64. The van der Waals surface area contributed by atoms with Crippen LogP contribution in [0.2, 0.25) is 0 Å². The summed E-state index contributed by atoms with van der Waals surface area (Å²) < 4.78 is 0. The molecule has 1 aliphatic heterocycles. The molecule has 0 aliphatic carbocycles. The molecule has 1 fully saturated rings. The Bertz CT molecular complexity index is 567. The number of anilines is 1. The standard InChI is InChI=1S/C14H18N4S2/c1-10-9-20-14(15-10)11-4-3-7-18(8-11)12-5-6-13(19-2)17-16-12/h5-6,9,11H,3-4,7-8H2,1-2H3. The van der Waals surface area contributed by atoms with Gasteiger partial charge in [0, 0.05) is 30.1 Å². The molecule has 3 rings (SSSR count). The van der Waals surface area contributed by atoms with Gasteiger partial charge in [-0.05, 0) is 38.2 Å². The summed E-state index contributed by atoms with van der Waals surface area (Å²) in [4.78, 5) is 6.98. The van der Waals surface area contributed by atoms with Crippen LogP contribution in [0, 0.1) is 6.92 Å². The van der Waals surface area contributed by atoms with Gasteiger partial charge < -0.3 is 4.90 Å². The summed E-state index contributed by atoms with van der Waals surface area (Å²) in [5, 5.41) is 13.0. The highest BCUT2D eigenvalue weighted by Gasteiger charge is 2.24. The van der Waals surface area contributed by atoms with E-state index in [1.54, 1.807) is 23.1 Å². The minimum absolute atomic E-state index is 0.532. The third-order valence-electron chi connectivity index (χ3n) is 3.57. The van der Waals surface area contributed by atoms with Crippen LogP contribution in [0.3, 0.4) is 0 Å². The van der Waals surface area contributed by atoms with Crippen molar-refractivity contribution in [1.29, 1.82) is 0 Å². The highest BCUT2D eigenvalue weighted by Crippen LogP contribution is 2.31. The first-order chi connectivity index (χ1) is 9.76. The Morgan fingerprint density at radius 1 is 1.35 bits per heavy atom. The fourth-order valence-electron chi connectivity index (χ4n) is 2.54. The molecule has 2 aromatic heterocycles. The van der Waals surface area contributed by atoms with Crippen LogP contribution in [0.5, 0.6) is 0 Å². The lowest BCUT2D eigenvalue weighted by molar-refractivity contribution is 0.503. The van der Waals surface area contributed by atoms with Crippen molar-refractivity contribution in [1.82, 2.24) is 15.2 Å². The van der Waals surface area contributed by atoms with E-state index in [2.05, 4.69) is 38.5 Å². The lowest BCUT2D eigenvalue weighted by Gasteiger charge is -2.32. The molecule has 4 nitrogen and oxygen atoms in total. The van der Waals surface area contributed by atoms with Crippen molar-refractivity contribution >= 4 is 28.9 Å². The monoisotopic (exact) mass is 306 g/mol. The molecule has 0 aromatic carbocycles. The van der Waals surface area contributed by atoms with Gasteiger partial charge >= 0.3 is 0 Å². The SMILES string of the molecule is CSc1ccc(N2CCCC(c3nc(C)cs3)C2)nn1. The molecule has 0 N–H and O–H groups in total. The lowest BCUT2D eigenvalue weighted by Crippen LogP contribution is -2.35. The average molecular weight is 306 g/mol. The van der Waals surface area contributed by atoms with Gasteiger partial charge in [-0.2, -0.15) is 0 Å². The molecular formula is C14H18N4S2. The molecule has 106 valence electrons. The Kier molecular flexibility index (Phi) is 4.21. The smallest absolute Gasteiger partial charge is 0.151 e. The van der Waals surface area contributed by atoms with E-state index < -0.39 is 0 Å². The molecule has 0 spiro atoms. The first-order valence-electron chi connectivity index (χ1n) is 6.81. The van der Waals surface area contributed by atoms with Crippen LogP contribution in [0.4, 0.5) is 5.82 Å². The zero-order chi connectivity index (χ0) is 13.9. The summed E-state index contributed by atoms with van der Waals surface area (Å²) >= 11 is 3.41. The third-order valence-corrected chi connectivity index (χ3v) is 5.33. The van der Waals surface area contributed by atoms with Crippen molar-refractivity contribution in [2.24, 2.45) is 0 Å². The zero-order valence-electron chi connectivity index (χ0n) is 11.7. The normalized spacial score (nSPS) is 19.3. The number of aryl methyl sites for hydroxylation is 1. The first-order valence-corrected chi connectivity index (χ1v) is 8.91. The largest absolute Gasteiger partial charge is 0.354 e. The molecule has 1 atom stereocenters. The Balaban J connectivity index is 1.74. The van der Waals surface area contributed by atoms with Crippen LogP contribution < -0.4 is 4.90 Å². The Hall–Kier alpha value is -1.14. The van der Waals surface area contributed by atoms with E-state index in [0.717, 1.165) is 29.6 Å². The van der Waals surface area contributed by atoms with Crippen molar-refractivity contribution < 1.29 is 0 Å². The molecule has 20 heavy (non-hydrogen) atoms. The van der Waals surface area contributed by atoms with Gasteiger partial charge in [-0.1, -0.05) is 0 Å². The number of aromatic nitrogens is 3. The lowest BCUT2D eigenvalue weighted by atomic mass is 9.99. The van der Waals surface area contributed by atoms with Gasteiger partial charge in [0.25, 0.3) is 0 Å². The predicted molar refractivity (Wildman–Crippen MR) is 84.9 cm³/mol. The van der Waals surface area contributed by atoms with Crippen LogP contribution in [-0.4, -0.2) is 34.5 Å². The Labute approximate surface area is 127 Å². The molecule has 6 heteroatoms. The summed E-state index contributed by atoms with van der Waals surface area (Å²) in [5.74, 6) is 1.52. The van der Waals surface area contributed by atoms with E-state index in [9.17, 15) is 0 Å². The summed E-state index contributed by atoms with van der Waals surface area (Å²) in [5.41, 5.74) is 1.13. The quantitative estimate of drug-likeness (QED) is 0.814. The van der Waals surface area contributed by atoms with Crippen LogP contribution in [0.1, 0.15) is 29.5 Å². The highest BCUT2D eigenvalue weighted by molar-refractivity contribution is 7.98. The first kappa shape index (κ1) is 13.8. The van der Waals surface area contributed by atoms with Gasteiger partial charge in [0.15, 0.2) is 5.82 Å². The minimum atomic E-state index is 0.532. The second-order valence-electron chi connectivity index (χ2n) is 5.05. The van der Waals surface area contributed by atoms with Crippen molar-refractivity contribution in [2.75, 3.05) is 24.2 Å². The summed E-state index contributed by atoms with van der Waals surface area (Å²) in [7, 11) is 0. The second-order valence-corrected chi connectivity index (χ2v) is 6.76. The number of hydrogen-bond donors (Lipinski definition) is 0. The third kappa shape index (κ3) is 2.96. The number of piperidine rings is 1. The van der Waals surface area contributed by atoms with Crippen molar-refractivity contribution in [3.8, 4) is 0 Å². The highest BCUT2D eigenvalue weighted by atomic mass is 32.2. The molecule has 3 heterocycles. The second kappa shape index (κ2) is 6.10. The Morgan fingerprint density at radius 3 is 2.90 bits per heavy atom. The van der Waals surface area contributed by atoms with Crippen LogP contribution in [0.25, 0.3) is 0 Å². The molecule has 1 unspecified atom stereocenters. The number of thioether (sulfide) groups is 1. The van der Waals surface area contributed by atoms with Gasteiger partial charge in [-0.15, -0.1) is 33.3 Å². The molecule has 1 aliphatic rings. The molecule has 0 radical (unpaired) electrons. The van der Waals surface area contributed by atoms with E-state index in [0.29, 0.717) is 5.92 Å². The molecule has 0 bridgehead atoms. The van der Waals surface area contributed by atoms with Gasteiger partial charge in [-0.25, -0.2) is 4.98 Å². The van der Waals surface area contributed by atoms with Crippen LogP contribution in [0.15, 0.2) is 22.5 Å². The molecule has 0 saturated carbocycles. The van der Waals surface area contributed by atoms with Gasteiger partial charge in [0.1, 0.15) is 5.03 Å². The maximum Gasteiger partial charge on any atom is 0.151 e. The van der Waals surface area contributed by atoms with Crippen molar-refractivity contribution in [2.45, 2.75) is 30.7 Å². The minimum Gasteiger partial charge on any atom is -0.354 e. The summed E-state index contributed by atoms with van der Waals surface area (Å²) in [6.45, 7) is 4.13. The van der Waals surface area contributed by atoms with E-state index in [-0.39, 0.29) is 0 Å². The van der Waals surface area contributed by atoms with E-state index >= 15 is 0 Å². The summed E-state index contributed by atoms with van der Waals surface area (Å²) in [6, 6.07) is 4.12. The fourth-order valence-corrected chi connectivity index (χ4v) is 3.79. The summed E-state index contributed by atoms with van der Waals surface area (Å²) in [6.07, 6.45) is 4.43. The average Bonchev–Trinajstić information content (AvgIpc) is 2.94. The topological polar surface area (TPSA) is 41.9 Å². The van der Waals surface area contributed by atoms with Gasteiger partial charge in [0.05, 0.1) is 5.01 Å². The number of thiazole rings is 1. The predicted octanol–water partition coefficient (Wildman–Crippen LogP) is 3.35. The van der Waals surface area contributed by atoms with Gasteiger partial charge in [0.2, 0.25) is 0 Å². The van der Waals surface area contributed by atoms with Crippen molar-refractivity contribution in [3.63, 3.8) is 0 Å². The zero-order valence-corrected chi connectivity index (χ0v) is 13.4. The van der Waals surface area contributed by atoms with Gasteiger partial charge in [-0.3, -0.25) is 0 Å². The van der Waals surface area contributed by atoms with E-state index in [4.69, 9.17) is 0 Å². The molecule has 0 amide bonds. The van der Waals surface area contributed by atoms with Crippen LogP contribution >= 0.6 is 23.1 Å². The van der Waals surface area contributed by atoms with E-state index in [1.165, 1.54) is 17.8 Å². The van der Waals surface area contributed by atoms with Crippen LogP contribution in [-0.2, 0) is 0 Å². The van der Waals surface area contributed by atoms with Crippen molar-refractivity contribution in [3.05, 3.63) is 28.2 Å². The fraction of sp³-hybridized carbons (Fsp3) is 0.500. The number of hydrogen-bond acceptors (Lipinski definition) is 6. The number of rotatable bonds is 3. The molecule has 1 saturated heterocycles. The van der Waals surface area contributed by atoms with E-state index in [1.807, 2.05) is 12.3 Å². The number of nitrogens with zero attached hydrogens (tertiary/aromatic N) is 4. The Morgan fingerprint density at radius 2 is 2.25 bits per heavy atom. The molecular weight excluding hydrogens is 288 g/mol.